The summed E-state index contributed by atoms with van der Waals surface area (Å²) in [4.78, 5) is 0. The predicted octanol–water partition coefficient (Wildman–Crippen LogP) is 2.36. The first-order valence-electron chi connectivity index (χ1n) is 4.27. The van der Waals surface area contributed by atoms with Crippen molar-refractivity contribution in [1.29, 1.82) is 0 Å². The van der Waals surface area contributed by atoms with Crippen LogP contribution < -0.4 is 5.32 Å². The molecule has 1 aliphatic carbocycles. The maximum atomic E-state index is 3.30. The van der Waals surface area contributed by atoms with Crippen LogP contribution >= 0.6 is 0 Å². The number of rotatable bonds is 1. The summed E-state index contributed by atoms with van der Waals surface area (Å²) in [5.74, 6) is 0. The second-order valence-corrected chi connectivity index (χ2v) is 3.24. The van der Waals surface area contributed by atoms with Gasteiger partial charge in [-0.15, -0.1) is 0 Å². The number of fused-ring (bicyclic) bond motifs is 1. The summed E-state index contributed by atoms with van der Waals surface area (Å²) in [6, 6.07) is 8.96. The van der Waals surface area contributed by atoms with E-state index in [1.807, 2.05) is 7.05 Å². The molecule has 0 bridgehead atoms. The molecule has 0 radical (unpaired) electrons. The molecule has 0 spiro atoms. The summed E-state index contributed by atoms with van der Waals surface area (Å²) in [6.07, 6.45) is 2.25. The van der Waals surface area contributed by atoms with E-state index in [0.29, 0.717) is 6.04 Å². The maximum Gasteiger partial charge on any atom is 0.0540 e. The maximum absolute atomic E-state index is 3.30. The first-order valence-corrected chi connectivity index (χ1v) is 4.27. The fraction of sp³-hybridized carbons (Fsp3) is 0.273. The van der Waals surface area contributed by atoms with E-state index in [4.69, 9.17) is 0 Å². The lowest BCUT2D eigenvalue weighted by Crippen LogP contribution is -2.14. The van der Waals surface area contributed by atoms with E-state index < -0.39 is 0 Å². The van der Waals surface area contributed by atoms with Crippen LogP contribution in [-0.4, -0.2) is 7.05 Å². The Labute approximate surface area is 73.1 Å². The fourth-order valence-corrected chi connectivity index (χ4v) is 1.86. The number of nitrogens with one attached hydrogen (secondary N) is 1. The molecule has 1 nitrogen and oxygen atoms in total. The Balaban J connectivity index is 2.50. The molecule has 0 aromatic heterocycles. The topological polar surface area (TPSA) is 12.0 Å². The van der Waals surface area contributed by atoms with Gasteiger partial charge in [0.15, 0.2) is 0 Å². The molecule has 1 atom stereocenters. The molecule has 1 N–H and O–H groups in total. The number of hydrogen-bond acceptors (Lipinski definition) is 1. The van der Waals surface area contributed by atoms with Gasteiger partial charge in [0.2, 0.25) is 0 Å². The Bertz CT molecular complexity index is 326. The van der Waals surface area contributed by atoms with Crippen molar-refractivity contribution in [1.82, 2.24) is 5.32 Å². The van der Waals surface area contributed by atoms with E-state index in [9.17, 15) is 0 Å². The lowest BCUT2D eigenvalue weighted by molar-refractivity contribution is 0.691. The monoisotopic (exact) mass is 159 g/mol. The van der Waals surface area contributed by atoms with Gasteiger partial charge in [-0.05, 0) is 25.1 Å². The van der Waals surface area contributed by atoms with Gasteiger partial charge in [0, 0.05) is 0 Å². The first kappa shape index (κ1) is 7.56. The van der Waals surface area contributed by atoms with Crippen molar-refractivity contribution in [3.63, 3.8) is 0 Å². The van der Waals surface area contributed by atoms with Crippen molar-refractivity contribution in [2.75, 3.05) is 7.05 Å². The smallest absolute Gasteiger partial charge is 0.0540 e. The van der Waals surface area contributed by atoms with Crippen molar-refractivity contribution in [2.24, 2.45) is 0 Å². The average Bonchev–Trinajstić information content (AvgIpc) is 2.40. The molecule has 0 saturated heterocycles. The van der Waals surface area contributed by atoms with Gasteiger partial charge in [-0.3, -0.25) is 0 Å². The van der Waals surface area contributed by atoms with Gasteiger partial charge in [0.05, 0.1) is 6.04 Å². The highest BCUT2D eigenvalue weighted by Gasteiger charge is 2.19. The normalized spacial score (nSPS) is 20.5. The van der Waals surface area contributed by atoms with Gasteiger partial charge < -0.3 is 5.32 Å². The van der Waals surface area contributed by atoms with Crippen LogP contribution in [0, 0.1) is 0 Å². The second kappa shape index (κ2) is 2.76. The quantitative estimate of drug-likeness (QED) is 0.663. The Morgan fingerprint density at radius 2 is 2.00 bits per heavy atom. The third kappa shape index (κ3) is 0.978. The SMILES string of the molecule is CNC1C(C)=Cc2ccccc21. The Morgan fingerprint density at radius 3 is 2.75 bits per heavy atom. The van der Waals surface area contributed by atoms with Gasteiger partial charge in [0.25, 0.3) is 0 Å². The van der Waals surface area contributed by atoms with Gasteiger partial charge in [-0.25, -0.2) is 0 Å². The van der Waals surface area contributed by atoms with Crippen LogP contribution in [0.4, 0.5) is 0 Å². The van der Waals surface area contributed by atoms with Gasteiger partial charge >= 0.3 is 0 Å². The fourth-order valence-electron chi connectivity index (χ4n) is 1.86. The van der Waals surface area contributed by atoms with Crippen LogP contribution in [0.3, 0.4) is 0 Å². The summed E-state index contributed by atoms with van der Waals surface area (Å²) in [5.41, 5.74) is 4.16. The Hall–Kier alpha value is -1.08. The van der Waals surface area contributed by atoms with Crippen molar-refractivity contribution in [2.45, 2.75) is 13.0 Å². The first-order chi connectivity index (χ1) is 5.83. The van der Waals surface area contributed by atoms with Crippen LogP contribution in [0.2, 0.25) is 0 Å². The van der Waals surface area contributed by atoms with E-state index in [-0.39, 0.29) is 0 Å². The molecule has 0 saturated carbocycles. The van der Waals surface area contributed by atoms with Crippen LogP contribution in [0.25, 0.3) is 6.08 Å². The van der Waals surface area contributed by atoms with Crippen LogP contribution in [0.1, 0.15) is 24.1 Å². The molecular formula is C11H13N. The molecule has 1 heteroatoms. The summed E-state index contributed by atoms with van der Waals surface area (Å²) in [6.45, 7) is 2.17. The number of hydrogen-bond donors (Lipinski definition) is 1. The average molecular weight is 159 g/mol. The van der Waals surface area contributed by atoms with Gasteiger partial charge in [0.1, 0.15) is 0 Å². The molecular weight excluding hydrogens is 146 g/mol. The van der Waals surface area contributed by atoms with Crippen molar-refractivity contribution >= 4 is 6.08 Å². The predicted molar refractivity (Wildman–Crippen MR) is 51.9 cm³/mol. The third-order valence-corrected chi connectivity index (χ3v) is 2.43. The largest absolute Gasteiger partial charge is 0.310 e. The molecule has 62 valence electrons. The Kier molecular flexibility index (Phi) is 1.74. The van der Waals surface area contributed by atoms with Crippen LogP contribution in [0.15, 0.2) is 29.8 Å². The molecule has 0 amide bonds. The van der Waals surface area contributed by atoms with Crippen molar-refractivity contribution in [3.8, 4) is 0 Å². The van der Waals surface area contributed by atoms with Crippen LogP contribution in [0.5, 0.6) is 0 Å². The zero-order valence-corrected chi connectivity index (χ0v) is 7.46. The summed E-state index contributed by atoms with van der Waals surface area (Å²) >= 11 is 0. The van der Waals surface area contributed by atoms with Gasteiger partial charge in [-0.1, -0.05) is 35.9 Å². The summed E-state index contributed by atoms with van der Waals surface area (Å²) < 4.78 is 0. The zero-order valence-electron chi connectivity index (χ0n) is 7.46. The lowest BCUT2D eigenvalue weighted by atomic mass is 10.1. The molecule has 0 fully saturated rings. The Morgan fingerprint density at radius 1 is 1.25 bits per heavy atom. The number of likely N-dealkylation sites (N-methyl/N-ethyl adjacent to an activating group) is 1. The minimum atomic E-state index is 0.432. The van der Waals surface area contributed by atoms with E-state index >= 15 is 0 Å². The summed E-state index contributed by atoms with van der Waals surface area (Å²) in [7, 11) is 2.00. The second-order valence-electron chi connectivity index (χ2n) is 3.24. The van der Waals surface area contributed by atoms with E-state index in [0.717, 1.165) is 0 Å². The molecule has 1 aromatic rings. The van der Waals surface area contributed by atoms with Crippen molar-refractivity contribution < 1.29 is 0 Å². The highest BCUT2D eigenvalue weighted by Crippen LogP contribution is 2.32. The highest BCUT2D eigenvalue weighted by atomic mass is 14.9. The molecule has 0 aliphatic heterocycles. The van der Waals surface area contributed by atoms with E-state index in [2.05, 4.69) is 42.6 Å². The molecule has 12 heavy (non-hydrogen) atoms. The standard InChI is InChI=1S/C11H13N/c1-8-7-9-5-3-4-6-10(9)11(8)12-2/h3-7,11-12H,1-2H3. The molecule has 0 heterocycles. The van der Waals surface area contributed by atoms with Crippen LogP contribution in [-0.2, 0) is 0 Å². The third-order valence-electron chi connectivity index (χ3n) is 2.43. The van der Waals surface area contributed by atoms with Crippen molar-refractivity contribution in [3.05, 3.63) is 41.0 Å². The molecule has 1 aliphatic rings. The minimum absolute atomic E-state index is 0.432. The highest BCUT2D eigenvalue weighted by molar-refractivity contribution is 5.65. The zero-order chi connectivity index (χ0) is 8.55. The van der Waals surface area contributed by atoms with Gasteiger partial charge in [-0.2, -0.15) is 0 Å². The molecule has 2 rings (SSSR count). The van der Waals surface area contributed by atoms with E-state index in [1.165, 1.54) is 16.7 Å². The van der Waals surface area contributed by atoms with E-state index in [1.54, 1.807) is 0 Å². The minimum Gasteiger partial charge on any atom is -0.310 e. The molecule has 1 aromatic carbocycles. The number of benzene rings is 1. The molecule has 1 unspecified atom stereocenters. The lowest BCUT2D eigenvalue weighted by Gasteiger charge is -2.12. The summed E-state index contributed by atoms with van der Waals surface area (Å²) in [5, 5.41) is 3.30.